The van der Waals surface area contributed by atoms with Crippen LogP contribution >= 0.6 is 0 Å². The van der Waals surface area contributed by atoms with Gasteiger partial charge in [-0.2, -0.15) is 0 Å². The van der Waals surface area contributed by atoms with Gasteiger partial charge in [0, 0.05) is 12.1 Å². The summed E-state index contributed by atoms with van der Waals surface area (Å²) < 4.78 is 0. The van der Waals surface area contributed by atoms with Crippen LogP contribution in [0.2, 0.25) is 0 Å². The molecular weight excluding hydrogens is 226 g/mol. The molecule has 1 aromatic carbocycles. The minimum atomic E-state index is -0.696. The van der Waals surface area contributed by atoms with Crippen LogP contribution in [-0.2, 0) is 0 Å². The predicted molar refractivity (Wildman–Crippen MR) is 71.5 cm³/mol. The summed E-state index contributed by atoms with van der Waals surface area (Å²) in [6, 6.07) is 7.47. The summed E-state index contributed by atoms with van der Waals surface area (Å²) >= 11 is 0. The molecule has 0 unspecified atom stereocenters. The summed E-state index contributed by atoms with van der Waals surface area (Å²) in [6.45, 7) is 2.35. The van der Waals surface area contributed by atoms with Crippen molar-refractivity contribution < 1.29 is 9.90 Å². The van der Waals surface area contributed by atoms with Crippen LogP contribution in [0.4, 0.5) is 0 Å². The van der Waals surface area contributed by atoms with Crippen molar-refractivity contribution in [3.63, 3.8) is 0 Å². The minimum Gasteiger partial charge on any atom is -0.388 e. The first-order valence-electron chi connectivity index (χ1n) is 6.66. The van der Waals surface area contributed by atoms with E-state index in [2.05, 4.69) is 5.32 Å². The molecule has 1 saturated carbocycles. The molecular formula is C15H21NO2. The zero-order valence-corrected chi connectivity index (χ0v) is 10.9. The molecule has 0 saturated heterocycles. The Kier molecular flexibility index (Phi) is 4.02. The molecule has 1 aromatic rings. The van der Waals surface area contributed by atoms with E-state index in [0.717, 1.165) is 31.2 Å². The van der Waals surface area contributed by atoms with Crippen LogP contribution < -0.4 is 5.32 Å². The van der Waals surface area contributed by atoms with Gasteiger partial charge in [0.25, 0.3) is 5.91 Å². The third-order valence-electron chi connectivity index (χ3n) is 3.68. The van der Waals surface area contributed by atoms with E-state index < -0.39 is 5.60 Å². The summed E-state index contributed by atoms with van der Waals surface area (Å²) in [4.78, 5) is 11.9. The Morgan fingerprint density at radius 2 is 1.83 bits per heavy atom. The highest BCUT2D eigenvalue weighted by molar-refractivity contribution is 5.94. The molecule has 1 aliphatic rings. The Hall–Kier alpha value is -1.35. The number of carbonyl (C=O) groups is 1. The average molecular weight is 247 g/mol. The zero-order chi connectivity index (χ0) is 13.0. The van der Waals surface area contributed by atoms with Crippen LogP contribution in [0.5, 0.6) is 0 Å². The van der Waals surface area contributed by atoms with Gasteiger partial charge in [-0.3, -0.25) is 4.79 Å². The number of nitrogens with one attached hydrogen (secondary N) is 1. The standard InChI is InChI=1S/C15H21NO2/c1-12-5-7-13(8-6-12)14(17)16-11-15(18)9-3-2-4-10-15/h5-8,18H,2-4,9-11H2,1H3,(H,16,17). The number of hydrogen-bond donors (Lipinski definition) is 2. The SMILES string of the molecule is Cc1ccc(C(=O)NCC2(O)CCCCC2)cc1. The molecule has 98 valence electrons. The van der Waals surface area contributed by atoms with Crippen molar-refractivity contribution in [1.29, 1.82) is 0 Å². The maximum atomic E-state index is 11.9. The second-order valence-electron chi connectivity index (χ2n) is 5.33. The molecule has 3 nitrogen and oxygen atoms in total. The number of aliphatic hydroxyl groups is 1. The monoisotopic (exact) mass is 247 g/mol. The normalized spacial score (nSPS) is 18.3. The van der Waals surface area contributed by atoms with Crippen molar-refractivity contribution in [1.82, 2.24) is 5.32 Å². The van der Waals surface area contributed by atoms with Gasteiger partial charge in [-0.1, -0.05) is 37.0 Å². The lowest BCUT2D eigenvalue weighted by molar-refractivity contribution is 0.00526. The van der Waals surface area contributed by atoms with E-state index in [1.54, 1.807) is 0 Å². The van der Waals surface area contributed by atoms with Gasteiger partial charge in [-0.25, -0.2) is 0 Å². The van der Waals surface area contributed by atoms with E-state index >= 15 is 0 Å². The van der Waals surface area contributed by atoms with Gasteiger partial charge in [-0.15, -0.1) is 0 Å². The van der Waals surface area contributed by atoms with Crippen molar-refractivity contribution in [2.75, 3.05) is 6.54 Å². The Bertz CT molecular complexity index is 405. The summed E-state index contributed by atoms with van der Waals surface area (Å²) in [6.07, 6.45) is 4.88. The van der Waals surface area contributed by atoms with Crippen LogP contribution in [-0.4, -0.2) is 23.2 Å². The van der Waals surface area contributed by atoms with Crippen molar-refractivity contribution in [3.05, 3.63) is 35.4 Å². The van der Waals surface area contributed by atoms with Crippen LogP contribution in [0, 0.1) is 6.92 Å². The van der Waals surface area contributed by atoms with E-state index in [1.165, 1.54) is 6.42 Å². The molecule has 0 radical (unpaired) electrons. The molecule has 0 heterocycles. The molecule has 2 rings (SSSR count). The lowest BCUT2D eigenvalue weighted by Gasteiger charge is -2.32. The third kappa shape index (κ3) is 3.33. The molecule has 1 fully saturated rings. The third-order valence-corrected chi connectivity index (χ3v) is 3.68. The van der Waals surface area contributed by atoms with Crippen molar-refractivity contribution in [3.8, 4) is 0 Å². The van der Waals surface area contributed by atoms with E-state index in [0.29, 0.717) is 12.1 Å². The number of benzene rings is 1. The summed E-state index contributed by atoms with van der Waals surface area (Å²) in [5.74, 6) is -0.103. The van der Waals surface area contributed by atoms with Crippen LogP contribution in [0.1, 0.15) is 48.0 Å². The zero-order valence-electron chi connectivity index (χ0n) is 10.9. The quantitative estimate of drug-likeness (QED) is 0.861. The van der Waals surface area contributed by atoms with Gasteiger partial charge in [0.1, 0.15) is 0 Å². The molecule has 0 aromatic heterocycles. The van der Waals surface area contributed by atoms with Crippen LogP contribution in [0.25, 0.3) is 0 Å². The summed E-state index contributed by atoms with van der Waals surface area (Å²) in [7, 11) is 0. The van der Waals surface area contributed by atoms with Crippen molar-refractivity contribution in [2.45, 2.75) is 44.6 Å². The van der Waals surface area contributed by atoms with Gasteiger partial charge in [0.05, 0.1) is 5.60 Å². The highest BCUT2D eigenvalue weighted by atomic mass is 16.3. The molecule has 1 amide bonds. The Balaban J connectivity index is 1.89. The molecule has 3 heteroatoms. The predicted octanol–water partition coefficient (Wildman–Crippen LogP) is 2.42. The Morgan fingerprint density at radius 3 is 2.44 bits per heavy atom. The molecule has 1 aliphatic carbocycles. The molecule has 18 heavy (non-hydrogen) atoms. The summed E-state index contributed by atoms with van der Waals surface area (Å²) in [5.41, 5.74) is 1.09. The molecule has 0 bridgehead atoms. The Morgan fingerprint density at radius 1 is 1.22 bits per heavy atom. The fourth-order valence-electron chi connectivity index (χ4n) is 2.44. The lowest BCUT2D eigenvalue weighted by Crippen LogP contribution is -2.44. The maximum absolute atomic E-state index is 11.9. The minimum absolute atomic E-state index is 0.103. The number of rotatable bonds is 3. The average Bonchev–Trinajstić information content (AvgIpc) is 2.38. The lowest BCUT2D eigenvalue weighted by atomic mass is 9.85. The van der Waals surface area contributed by atoms with Gasteiger partial charge < -0.3 is 10.4 Å². The number of aryl methyl sites for hydroxylation is 1. The fraction of sp³-hybridized carbons (Fsp3) is 0.533. The Labute approximate surface area is 108 Å². The second kappa shape index (κ2) is 5.53. The number of hydrogen-bond acceptors (Lipinski definition) is 2. The molecule has 0 aliphatic heterocycles. The van der Waals surface area contributed by atoms with Gasteiger partial charge in [0.2, 0.25) is 0 Å². The highest BCUT2D eigenvalue weighted by Crippen LogP contribution is 2.27. The smallest absolute Gasteiger partial charge is 0.251 e. The van der Waals surface area contributed by atoms with Crippen LogP contribution in [0.15, 0.2) is 24.3 Å². The molecule has 0 atom stereocenters. The second-order valence-corrected chi connectivity index (χ2v) is 5.33. The first-order chi connectivity index (χ1) is 8.59. The molecule has 0 spiro atoms. The van der Waals surface area contributed by atoms with E-state index in [4.69, 9.17) is 0 Å². The van der Waals surface area contributed by atoms with Gasteiger partial charge in [0.15, 0.2) is 0 Å². The highest BCUT2D eigenvalue weighted by Gasteiger charge is 2.29. The number of carbonyl (C=O) groups excluding carboxylic acids is 1. The van der Waals surface area contributed by atoms with Gasteiger partial charge in [-0.05, 0) is 31.9 Å². The van der Waals surface area contributed by atoms with E-state index in [1.807, 2.05) is 31.2 Å². The number of amides is 1. The van der Waals surface area contributed by atoms with E-state index in [-0.39, 0.29) is 5.91 Å². The van der Waals surface area contributed by atoms with Crippen LogP contribution in [0.3, 0.4) is 0 Å². The van der Waals surface area contributed by atoms with Crippen molar-refractivity contribution >= 4 is 5.91 Å². The molecule has 2 N–H and O–H groups in total. The maximum Gasteiger partial charge on any atom is 0.251 e. The topological polar surface area (TPSA) is 49.3 Å². The first-order valence-corrected chi connectivity index (χ1v) is 6.66. The largest absolute Gasteiger partial charge is 0.388 e. The first kappa shape index (κ1) is 13.1. The van der Waals surface area contributed by atoms with Crippen molar-refractivity contribution in [2.24, 2.45) is 0 Å². The van der Waals surface area contributed by atoms with Gasteiger partial charge >= 0.3 is 0 Å². The summed E-state index contributed by atoms with van der Waals surface area (Å²) in [5, 5.41) is 13.1. The van der Waals surface area contributed by atoms with E-state index in [9.17, 15) is 9.90 Å². The fourth-order valence-corrected chi connectivity index (χ4v) is 2.44.